The second kappa shape index (κ2) is 9.03. The van der Waals surface area contributed by atoms with Crippen molar-refractivity contribution in [3.05, 3.63) is 35.4 Å². The Hall–Kier alpha value is -1.00. The van der Waals surface area contributed by atoms with Crippen molar-refractivity contribution >= 4 is 0 Å². The molecule has 1 aromatic carbocycles. The van der Waals surface area contributed by atoms with E-state index in [0.29, 0.717) is 12.0 Å². The summed E-state index contributed by atoms with van der Waals surface area (Å²) in [5.74, 6) is -0.763. The molecule has 2 nitrogen and oxygen atoms in total. The van der Waals surface area contributed by atoms with E-state index in [2.05, 4.69) is 19.2 Å². The highest BCUT2D eigenvalue weighted by molar-refractivity contribution is 5.20. The van der Waals surface area contributed by atoms with Gasteiger partial charge in [0.05, 0.1) is 6.10 Å². The van der Waals surface area contributed by atoms with Crippen molar-refractivity contribution in [1.29, 1.82) is 0 Å². The SMILES string of the molecule is CCCNC(Cc1cc(F)ccc1F)C(CCC)OC. The molecule has 0 aliphatic rings. The molecule has 0 aliphatic carbocycles. The molecule has 0 aromatic heterocycles. The third-order valence-corrected chi connectivity index (χ3v) is 3.43. The number of nitrogens with one attached hydrogen (secondary N) is 1. The van der Waals surface area contributed by atoms with Gasteiger partial charge in [-0.1, -0.05) is 20.3 Å². The Morgan fingerprint density at radius 2 is 1.95 bits per heavy atom. The van der Waals surface area contributed by atoms with E-state index >= 15 is 0 Å². The van der Waals surface area contributed by atoms with Crippen molar-refractivity contribution < 1.29 is 13.5 Å². The number of hydrogen-bond acceptors (Lipinski definition) is 2. The summed E-state index contributed by atoms with van der Waals surface area (Å²) in [6, 6.07) is 3.60. The molecule has 0 aliphatic heterocycles. The fourth-order valence-corrected chi connectivity index (χ4v) is 2.37. The van der Waals surface area contributed by atoms with Gasteiger partial charge >= 0.3 is 0 Å². The molecule has 0 bridgehead atoms. The normalized spacial score (nSPS) is 14.2. The molecule has 114 valence electrons. The number of ether oxygens (including phenoxy) is 1. The predicted molar refractivity (Wildman–Crippen MR) is 77.8 cm³/mol. The van der Waals surface area contributed by atoms with E-state index < -0.39 is 5.82 Å². The van der Waals surface area contributed by atoms with Crippen LogP contribution in [0.5, 0.6) is 0 Å². The molecule has 0 fully saturated rings. The summed E-state index contributed by atoms with van der Waals surface area (Å²) in [5.41, 5.74) is 0.400. The maximum Gasteiger partial charge on any atom is 0.126 e. The van der Waals surface area contributed by atoms with Crippen molar-refractivity contribution in [3.8, 4) is 0 Å². The van der Waals surface area contributed by atoms with Crippen molar-refractivity contribution in [2.24, 2.45) is 0 Å². The first-order valence-electron chi connectivity index (χ1n) is 7.32. The fraction of sp³-hybridized carbons (Fsp3) is 0.625. The maximum atomic E-state index is 13.8. The van der Waals surface area contributed by atoms with Gasteiger partial charge in [0.2, 0.25) is 0 Å². The quantitative estimate of drug-likeness (QED) is 0.747. The Labute approximate surface area is 120 Å². The zero-order valence-electron chi connectivity index (χ0n) is 12.6. The first kappa shape index (κ1) is 17.1. The molecular formula is C16H25F2NO. The van der Waals surface area contributed by atoms with Gasteiger partial charge in [-0.25, -0.2) is 8.78 Å². The lowest BCUT2D eigenvalue weighted by molar-refractivity contribution is 0.0606. The number of methoxy groups -OCH3 is 1. The highest BCUT2D eigenvalue weighted by Gasteiger charge is 2.21. The molecule has 0 amide bonds. The van der Waals surface area contributed by atoms with E-state index in [1.165, 1.54) is 12.1 Å². The zero-order valence-corrected chi connectivity index (χ0v) is 12.6. The van der Waals surface area contributed by atoms with Gasteiger partial charge in [-0.3, -0.25) is 0 Å². The van der Waals surface area contributed by atoms with Gasteiger partial charge in [0.15, 0.2) is 0 Å². The van der Waals surface area contributed by atoms with Crippen molar-refractivity contribution in [1.82, 2.24) is 5.32 Å². The number of halogens is 2. The van der Waals surface area contributed by atoms with Crippen LogP contribution in [0.3, 0.4) is 0 Å². The second-order valence-electron chi connectivity index (χ2n) is 5.06. The number of rotatable bonds is 9. The van der Waals surface area contributed by atoms with Crippen LogP contribution in [0.2, 0.25) is 0 Å². The Morgan fingerprint density at radius 3 is 2.55 bits per heavy atom. The van der Waals surface area contributed by atoms with E-state index in [1.54, 1.807) is 7.11 Å². The maximum absolute atomic E-state index is 13.8. The van der Waals surface area contributed by atoms with E-state index in [-0.39, 0.29) is 18.0 Å². The van der Waals surface area contributed by atoms with Crippen LogP contribution in [0.4, 0.5) is 8.78 Å². The van der Waals surface area contributed by atoms with E-state index in [4.69, 9.17) is 4.74 Å². The summed E-state index contributed by atoms with van der Waals surface area (Å²) in [6.07, 6.45) is 3.32. The molecule has 1 rings (SSSR count). The number of hydrogen-bond donors (Lipinski definition) is 1. The lowest BCUT2D eigenvalue weighted by Gasteiger charge is -2.27. The van der Waals surface area contributed by atoms with Gasteiger partial charge in [0, 0.05) is 13.2 Å². The molecule has 0 radical (unpaired) electrons. The van der Waals surface area contributed by atoms with E-state index in [1.807, 2.05) is 0 Å². The first-order chi connectivity index (χ1) is 9.62. The van der Waals surface area contributed by atoms with Crippen molar-refractivity contribution in [2.75, 3.05) is 13.7 Å². The molecule has 2 atom stereocenters. The minimum absolute atomic E-state index is 0.00352. The third-order valence-electron chi connectivity index (χ3n) is 3.43. The van der Waals surface area contributed by atoms with Crippen molar-refractivity contribution in [3.63, 3.8) is 0 Å². The third kappa shape index (κ3) is 5.17. The van der Waals surface area contributed by atoms with Gasteiger partial charge in [-0.15, -0.1) is 0 Å². The topological polar surface area (TPSA) is 21.3 Å². The van der Waals surface area contributed by atoms with Gasteiger partial charge < -0.3 is 10.1 Å². The molecule has 0 spiro atoms. The average Bonchev–Trinajstić information content (AvgIpc) is 2.44. The van der Waals surface area contributed by atoms with Crippen LogP contribution in [-0.4, -0.2) is 25.8 Å². The summed E-state index contributed by atoms with van der Waals surface area (Å²) >= 11 is 0. The lowest BCUT2D eigenvalue weighted by atomic mass is 9.97. The van der Waals surface area contributed by atoms with Crippen LogP contribution in [0, 0.1) is 11.6 Å². The minimum atomic E-state index is -0.403. The standard InChI is InChI=1S/C16H25F2NO/c1-4-6-16(20-3)15(19-9-5-2)11-12-10-13(17)7-8-14(12)18/h7-8,10,15-16,19H,4-6,9,11H2,1-3H3. The molecule has 0 saturated carbocycles. The molecular weight excluding hydrogens is 260 g/mol. The fourth-order valence-electron chi connectivity index (χ4n) is 2.37. The number of benzene rings is 1. The largest absolute Gasteiger partial charge is 0.380 e. The molecule has 1 N–H and O–H groups in total. The predicted octanol–water partition coefficient (Wildman–Crippen LogP) is 3.69. The molecule has 20 heavy (non-hydrogen) atoms. The summed E-state index contributed by atoms with van der Waals surface area (Å²) in [6.45, 7) is 5.01. The van der Waals surface area contributed by atoms with Gasteiger partial charge in [-0.05, 0) is 49.6 Å². The van der Waals surface area contributed by atoms with Crippen LogP contribution in [0.15, 0.2) is 18.2 Å². The second-order valence-corrected chi connectivity index (χ2v) is 5.06. The summed E-state index contributed by atoms with van der Waals surface area (Å²) < 4.78 is 32.5. The van der Waals surface area contributed by atoms with Crippen molar-refractivity contribution in [2.45, 2.75) is 51.7 Å². The van der Waals surface area contributed by atoms with Crippen LogP contribution >= 0.6 is 0 Å². The highest BCUT2D eigenvalue weighted by atomic mass is 19.1. The van der Waals surface area contributed by atoms with E-state index in [9.17, 15) is 8.78 Å². The summed E-state index contributed by atoms with van der Waals surface area (Å²) in [7, 11) is 1.67. The smallest absolute Gasteiger partial charge is 0.126 e. The monoisotopic (exact) mass is 285 g/mol. The van der Waals surface area contributed by atoms with Crippen LogP contribution in [-0.2, 0) is 11.2 Å². The first-order valence-corrected chi connectivity index (χ1v) is 7.32. The average molecular weight is 285 g/mol. The summed E-state index contributed by atoms with van der Waals surface area (Å²) in [5, 5.41) is 3.39. The van der Waals surface area contributed by atoms with Crippen LogP contribution in [0.25, 0.3) is 0 Å². The molecule has 1 aromatic rings. The Kier molecular flexibility index (Phi) is 7.70. The Bertz CT molecular complexity index is 398. The molecule has 2 unspecified atom stereocenters. The lowest BCUT2D eigenvalue weighted by Crippen LogP contribution is -2.43. The minimum Gasteiger partial charge on any atom is -0.380 e. The highest BCUT2D eigenvalue weighted by Crippen LogP contribution is 2.16. The molecule has 0 saturated heterocycles. The van der Waals surface area contributed by atoms with Crippen LogP contribution in [0.1, 0.15) is 38.7 Å². The Balaban J connectivity index is 2.84. The van der Waals surface area contributed by atoms with Gasteiger partial charge in [0.25, 0.3) is 0 Å². The van der Waals surface area contributed by atoms with Crippen LogP contribution < -0.4 is 5.32 Å². The zero-order chi connectivity index (χ0) is 15.0. The molecule has 4 heteroatoms. The Morgan fingerprint density at radius 1 is 1.20 bits per heavy atom. The van der Waals surface area contributed by atoms with Gasteiger partial charge in [-0.2, -0.15) is 0 Å². The van der Waals surface area contributed by atoms with Gasteiger partial charge in [0.1, 0.15) is 11.6 Å². The summed E-state index contributed by atoms with van der Waals surface area (Å²) in [4.78, 5) is 0. The van der Waals surface area contributed by atoms with E-state index in [0.717, 1.165) is 31.9 Å². The molecule has 0 heterocycles.